The predicted molar refractivity (Wildman–Crippen MR) is 170 cm³/mol. The number of carbonyl (C=O) groups excluding carboxylic acids is 2. The number of thiophene rings is 1. The molecule has 1 atom stereocenters. The molecule has 13 heteroatoms. The van der Waals surface area contributed by atoms with Crippen molar-refractivity contribution in [3.8, 4) is 21.9 Å². The van der Waals surface area contributed by atoms with Crippen molar-refractivity contribution < 1.29 is 31.9 Å². The van der Waals surface area contributed by atoms with Crippen molar-refractivity contribution in [3.05, 3.63) is 111 Å². The molecule has 2 aromatic carbocycles. The standard InChI is InChI=1S/C34H32F3N5O4S/c1-17(2)13-24-29(32(38)43)31(27-11-12-28(47-27)33(44)39-16-19-5-10-22(36)23(37)14-19)30(34-42-41-18(3)46-34)25(40-24)15-26(45-4)20-6-8-21(35)9-7-20/h5-12,14,17,26H,13,15-16H2,1-4H3,(H2,38,43)(H,39,44). The van der Waals surface area contributed by atoms with Crippen molar-refractivity contribution in [3.63, 3.8) is 0 Å². The normalized spacial score (nSPS) is 12.0. The Hall–Kier alpha value is -4.88. The summed E-state index contributed by atoms with van der Waals surface area (Å²) in [6.07, 6.45) is 0.0250. The van der Waals surface area contributed by atoms with Crippen LogP contribution in [0.3, 0.4) is 0 Å². The molecule has 1 unspecified atom stereocenters. The topological polar surface area (TPSA) is 133 Å². The number of hydrogen-bond acceptors (Lipinski definition) is 8. The summed E-state index contributed by atoms with van der Waals surface area (Å²) < 4.78 is 52.5. The summed E-state index contributed by atoms with van der Waals surface area (Å²) in [5, 5.41) is 11.0. The van der Waals surface area contributed by atoms with Gasteiger partial charge in [-0.25, -0.2) is 13.2 Å². The van der Waals surface area contributed by atoms with Gasteiger partial charge in [0.2, 0.25) is 11.8 Å². The van der Waals surface area contributed by atoms with Crippen molar-refractivity contribution in [2.45, 2.75) is 46.3 Å². The Kier molecular flexibility index (Phi) is 10.2. The first-order valence-corrected chi connectivity index (χ1v) is 15.5. The molecular formula is C34H32F3N5O4S. The molecule has 3 N–H and O–H groups in total. The molecule has 47 heavy (non-hydrogen) atoms. The predicted octanol–water partition coefficient (Wildman–Crippen LogP) is 6.74. The van der Waals surface area contributed by atoms with E-state index in [1.54, 1.807) is 31.2 Å². The molecule has 0 aliphatic rings. The molecule has 0 bridgehead atoms. The largest absolute Gasteiger partial charge is 0.421 e. The number of nitrogens with two attached hydrogens (primary N) is 1. The van der Waals surface area contributed by atoms with Crippen molar-refractivity contribution in [2.75, 3.05) is 7.11 Å². The number of nitrogens with one attached hydrogen (secondary N) is 1. The molecule has 2 amide bonds. The summed E-state index contributed by atoms with van der Waals surface area (Å²) >= 11 is 1.10. The number of primary amides is 1. The highest BCUT2D eigenvalue weighted by molar-refractivity contribution is 7.17. The maximum absolute atomic E-state index is 13.7. The molecule has 0 spiro atoms. The van der Waals surface area contributed by atoms with Gasteiger partial charge in [-0.3, -0.25) is 14.6 Å². The zero-order valence-corrected chi connectivity index (χ0v) is 26.9. The number of aromatic nitrogens is 3. The number of aryl methyl sites for hydroxylation is 1. The van der Waals surface area contributed by atoms with Crippen LogP contribution in [0.4, 0.5) is 13.2 Å². The summed E-state index contributed by atoms with van der Waals surface area (Å²) in [6.45, 7) is 5.56. The SMILES string of the molecule is COC(Cc1nc(CC(C)C)c(C(N)=O)c(-c2ccc(C(=O)NCc3ccc(F)c(F)c3)s2)c1-c1nnc(C)o1)c1ccc(F)cc1. The Labute approximate surface area is 273 Å². The third-order valence-electron chi connectivity index (χ3n) is 7.35. The summed E-state index contributed by atoms with van der Waals surface area (Å²) in [5.74, 6) is -3.13. The number of ether oxygens (including phenoxy) is 1. The Morgan fingerprint density at radius 1 is 0.957 bits per heavy atom. The van der Waals surface area contributed by atoms with Crippen LogP contribution in [0.25, 0.3) is 21.9 Å². The number of benzene rings is 2. The van der Waals surface area contributed by atoms with Gasteiger partial charge in [0, 0.05) is 37.4 Å². The Morgan fingerprint density at radius 3 is 2.32 bits per heavy atom. The van der Waals surface area contributed by atoms with Gasteiger partial charge in [0.25, 0.3) is 11.8 Å². The second kappa shape index (κ2) is 14.3. The maximum atomic E-state index is 13.7. The van der Waals surface area contributed by atoms with Crippen LogP contribution in [-0.4, -0.2) is 34.1 Å². The number of carbonyl (C=O) groups is 2. The van der Waals surface area contributed by atoms with Gasteiger partial charge in [0.15, 0.2) is 11.6 Å². The Morgan fingerprint density at radius 2 is 1.70 bits per heavy atom. The third-order valence-corrected chi connectivity index (χ3v) is 8.45. The van der Waals surface area contributed by atoms with Crippen molar-refractivity contribution >= 4 is 23.2 Å². The van der Waals surface area contributed by atoms with Crippen LogP contribution in [-0.2, 0) is 24.1 Å². The lowest BCUT2D eigenvalue weighted by Crippen LogP contribution is -2.22. The minimum absolute atomic E-state index is 0.0396. The zero-order chi connectivity index (χ0) is 33.8. The van der Waals surface area contributed by atoms with E-state index in [1.807, 2.05) is 13.8 Å². The minimum atomic E-state index is -1.02. The molecule has 3 heterocycles. The number of nitrogens with zero attached hydrogens (tertiary/aromatic N) is 3. The Bertz CT molecular complexity index is 1920. The number of amides is 2. The lowest BCUT2D eigenvalue weighted by Gasteiger charge is -2.22. The molecule has 244 valence electrons. The van der Waals surface area contributed by atoms with E-state index in [2.05, 4.69) is 15.5 Å². The van der Waals surface area contributed by atoms with E-state index in [-0.39, 0.29) is 41.1 Å². The molecule has 0 aliphatic heterocycles. The molecule has 0 saturated heterocycles. The van der Waals surface area contributed by atoms with Crippen LogP contribution in [0.1, 0.15) is 68.4 Å². The fourth-order valence-corrected chi connectivity index (χ4v) is 6.19. The van der Waals surface area contributed by atoms with E-state index in [1.165, 1.54) is 25.3 Å². The van der Waals surface area contributed by atoms with Gasteiger partial charge in [-0.1, -0.05) is 32.0 Å². The molecule has 0 fully saturated rings. The summed E-state index contributed by atoms with van der Waals surface area (Å²) in [4.78, 5) is 32.1. The van der Waals surface area contributed by atoms with Gasteiger partial charge in [-0.05, 0) is 59.9 Å². The number of hydrogen-bond donors (Lipinski definition) is 2. The highest BCUT2D eigenvalue weighted by Gasteiger charge is 2.30. The monoisotopic (exact) mass is 663 g/mol. The Balaban J connectivity index is 1.64. The van der Waals surface area contributed by atoms with Crippen LogP contribution >= 0.6 is 11.3 Å². The molecule has 9 nitrogen and oxygen atoms in total. The van der Waals surface area contributed by atoms with Gasteiger partial charge >= 0.3 is 0 Å². The lowest BCUT2D eigenvalue weighted by atomic mass is 9.90. The van der Waals surface area contributed by atoms with Crippen LogP contribution in [0.15, 0.2) is 59.0 Å². The van der Waals surface area contributed by atoms with Gasteiger partial charge < -0.3 is 20.2 Å². The maximum Gasteiger partial charge on any atom is 0.261 e. The van der Waals surface area contributed by atoms with Crippen molar-refractivity contribution in [2.24, 2.45) is 11.7 Å². The number of methoxy groups -OCH3 is 1. The highest BCUT2D eigenvalue weighted by Crippen LogP contribution is 2.42. The van der Waals surface area contributed by atoms with Crippen molar-refractivity contribution in [1.29, 1.82) is 0 Å². The average Bonchev–Trinajstić information content (AvgIpc) is 3.69. The molecule has 3 aromatic heterocycles. The van der Waals surface area contributed by atoms with Gasteiger partial charge in [-0.15, -0.1) is 21.5 Å². The summed E-state index contributed by atoms with van der Waals surface area (Å²) in [7, 11) is 1.53. The average molecular weight is 664 g/mol. The van der Waals surface area contributed by atoms with Gasteiger partial charge in [0.1, 0.15) is 5.82 Å². The first-order chi connectivity index (χ1) is 22.4. The first kappa shape index (κ1) is 33.5. The van der Waals surface area contributed by atoms with Crippen LogP contribution in [0.2, 0.25) is 0 Å². The van der Waals surface area contributed by atoms with Gasteiger partial charge in [-0.2, -0.15) is 0 Å². The van der Waals surface area contributed by atoms with Crippen LogP contribution in [0, 0.1) is 30.3 Å². The van der Waals surface area contributed by atoms with E-state index in [9.17, 15) is 22.8 Å². The van der Waals surface area contributed by atoms with Crippen LogP contribution in [0.5, 0.6) is 0 Å². The van der Waals surface area contributed by atoms with E-state index in [0.717, 1.165) is 23.5 Å². The highest BCUT2D eigenvalue weighted by atomic mass is 32.1. The molecule has 5 rings (SSSR count). The van der Waals surface area contributed by atoms with E-state index >= 15 is 0 Å². The summed E-state index contributed by atoms with van der Waals surface area (Å²) in [6, 6.07) is 12.6. The van der Waals surface area contributed by atoms with Gasteiger partial charge in [0.05, 0.1) is 33.5 Å². The number of halogens is 3. The van der Waals surface area contributed by atoms with E-state index in [0.29, 0.717) is 44.9 Å². The summed E-state index contributed by atoms with van der Waals surface area (Å²) in [5.41, 5.74) is 8.91. The first-order valence-electron chi connectivity index (χ1n) is 14.7. The fraction of sp³-hybridized carbons (Fsp3) is 0.265. The smallest absolute Gasteiger partial charge is 0.261 e. The molecule has 0 saturated carbocycles. The molecular weight excluding hydrogens is 631 g/mol. The molecule has 0 radical (unpaired) electrons. The second-order valence-corrected chi connectivity index (χ2v) is 12.4. The fourth-order valence-electron chi connectivity index (χ4n) is 5.21. The molecule has 5 aromatic rings. The minimum Gasteiger partial charge on any atom is -0.421 e. The molecule has 0 aliphatic carbocycles. The number of rotatable bonds is 12. The van der Waals surface area contributed by atoms with Crippen molar-refractivity contribution in [1.82, 2.24) is 20.5 Å². The lowest BCUT2D eigenvalue weighted by molar-refractivity contribution is 0.0953. The van der Waals surface area contributed by atoms with Crippen LogP contribution < -0.4 is 11.1 Å². The zero-order valence-electron chi connectivity index (χ0n) is 26.1. The number of pyridine rings is 1. The van der Waals surface area contributed by atoms with E-state index in [4.69, 9.17) is 19.9 Å². The second-order valence-electron chi connectivity index (χ2n) is 11.3. The van der Waals surface area contributed by atoms with E-state index < -0.39 is 35.4 Å². The quantitative estimate of drug-likeness (QED) is 0.151. The third kappa shape index (κ3) is 7.58.